The predicted octanol–water partition coefficient (Wildman–Crippen LogP) is 4.04. The molecular weight excluding hydrogens is 216 g/mol. The van der Waals surface area contributed by atoms with E-state index in [-0.39, 0.29) is 0 Å². The van der Waals surface area contributed by atoms with Gasteiger partial charge in [-0.1, -0.05) is 42.7 Å². The Morgan fingerprint density at radius 2 is 1.94 bits per heavy atom. The summed E-state index contributed by atoms with van der Waals surface area (Å²) in [5.41, 5.74) is 1.12. The van der Waals surface area contributed by atoms with Crippen molar-refractivity contribution in [3.05, 3.63) is 24.3 Å². The summed E-state index contributed by atoms with van der Waals surface area (Å²) in [6, 6.07) is 8.99. The van der Waals surface area contributed by atoms with Crippen molar-refractivity contribution in [2.24, 2.45) is 0 Å². The number of aromatic nitrogens is 1. The third-order valence-electron chi connectivity index (χ3n) is 3.23. The molecule has 3 rings (SSSR count). The lowest BCUT2D eigenvalue weighted by Crippen LogP contribution is -2.21. The summed E-state index contributed by atoms with van der Waals surface area (Å²) in [5.74, 6) is 0. The Labute approximate surface area is 99.7 Å². The van der Waals surface area contributed by atoms with E-state index in [1.807, 2.05) is 6.07 Å². The number of hydrogen-bond donors (Lipinski definition) is 1. The zero-order chi connectivity index (χ0) is 10.8. The van der Waals surface area contributed by atoms with Crippen molar-refractivity contribution < 1.29 is 0 Å². The molecule has 0 amide bonds. The van der Waals surface area contributed by atoms with Gasteiger partial charge < -0.3 is 5.32 Å². The van der Waals surface area contributed by atoms with E-state index in [1.54, 1.807) is 11.3 Å². The first-order valence-electron chi connectivity index (χ1n) is 6.04. The number of benzene rings is 1. The van der Waals surface area contributed by atoms with Crippen LogP contribution < -0.4 is 5.32 Å². The summed E-state index contributed by atoms with van der Waals surface area (Å²) in [6.07, 6.45) is 6.73. The van der Waals surface area contributed by atoms with E-state index in [4.69, 9.17) is 0 Å². The maximum Gasteiger partial charge on any atom is 0.184 e. The Hall–Kier alpha value is -1.09. The van der Waals surface area contributed by atoms with Crippen LogP contribution >= 0.6 is 11.3 Å². The minimum atomic E-state index is 0.648. The monoisotopic (exact) mass is 232 g/mol. The van der Waals surface area contributed by atoms with Crippen LogP contribution in [0.15, 0.2) is 24.3 Å². The number of fused-ring (bicyclic) bond motifs is 1. The van der Waals surface area contributed by atoms with Gasteiger partial charge in [-0.2, -0.15) is 0 Å². The molecule has 1 N–H and O–H groups in total. The maximum absolute atomic E-state index is 4.61. The highest BCUT2D eigenvalue weighted by Gasteiger charge is 2.14. The second-order valence-corrected chi connectivity index (χ2v) is 5.50. The summed E-state index contributed by atoms with van der Waals surface area (Å²) in [6.45, 7) is 0. The van der Waals surface area contributed by atoms with E-state index >= 15 is 0 Å². The van der Waals surface area contributed by atoms with Crippen molar-refractivity contribution in [3.63, 3.8) is 0 Å². The lowest BCUT2D eigenvalue weighted by molar-refractivity contribution is 0.462. The Bertz CT molecular complexity index is 438. The minimum Gasteiger partial charge on any atom is -0.359 e. The largest absolute Gasteiger partial charge is 0.359 e. The topological polar surface area (TPSA) is 24.9 Å². The fourth-order valence-corrected chi connectivity index (χ4v) is 3.30. The normalized spacial score (nSPS) is 17.8. The number of para-hydroxylation sites is 1. The number of rotatable bonds is 2. The molecule has 1 fully saturated rings. The molecule has 2 aromatic rings. The van der Waals surface area contributed by atoms with E-state index in [0.717, 1.165) is 10.6 Å². The molecule has 3 heteroatoms. The molecule has 16 heavy (non-hydrogen) atoms. The van der Waals surface area contributed by atoms with Gasteiger partial charge in [-0.15, -0.1) is 0 Å². The summed E-state index contributed by atoms with van der Waals surface area (Å²) in [4.78, 5) is 4.61. The SMILES string of the molecule is c1ccc2sc(NC3CCCCC3)nc2c1. The minimum absolute atomic E-state index is 0.648. The smallest absolute Gasteiger partial charge is 0.184 e. The van der Waals surface area contributed by atoms with Crippen LogP contribution in [-0.4, -0.2) is 11.0 Å². The first-order valence-corrected chi connectivity index (χ1v) is 6.85. The molecule has 0 unspecified atom stereocenters. The molecule has 0 bridgehead atoms. The first-order chi connectivity index (χ1) is 7.92. The van der Waals surface area contributed by atoms with Crippen LogP contribution in [0.3, 0.4) is 0 Å². The third-order valence-corrected chi connectivity index (χ3v) is 4.19. The van der Waals surface area contributed by atoms with Gasteiger partial charge in [0.05, 0.1) is 10.2 Å². The number of hydrogen-bond acceptors (Lipinski definition) is 3. The van der Waals surface area contributed by atoms with Crippen molar-refractivity contribution >= 4 is 26.7 Å². The number of nitrogens with one attached hydrogen (secondary N) is 1. The lowest BCUT2D eigenvalue weighted by Gasteiger charge is -2.22. The van der Waals surface area contributed by atoms with Crippen LogP contribution in [0.1, 0.15) is 32.1 Å². The average molecular weight is 232 g/mol. The Morgan fingerprint density at radius 1 is 1.12 bits per heavy atom. The molecule has 0 saturated heterocycles. The molecule has 1 aromatic carbocycles. The Balaban J connectivity index is 1.78. The number of nitrogens with zero attached hydrogens (tertiary/aromatic N) is 1. The van der Waals surface area contributed by atoms with E-state index in [0.29, 0.717) is 6.04 Å². The quantitative estimate of drug-likeness (QED) is 0.845. The van der Waals surface area contributed by atoms with Crippen LogP contribution in [-0.2, 0) is 0 Å². The third kappa shape index (κ3) is 2.05. The van der Waals surface area contributed by atoms with Crippen LogP contribution in [0.25, 0.3) is 10.2 Å². The second kappa shape index (κ2) is 4.42. The van der Waals surface area contributed by atoms with E-state index in [9.17, 15) is 0 Å². The highest BCUT2D eigenvalue weighted by atomic mass is 32.1. The highest BCUT2D eigenvalue weighted by Crippen LogP contribution is 2.28. The van der Waals surface area contributed by atoms with Gasteiger partial charge in [0.15, 0.2) is 5.13 Å². The molecule has 0 spiro atoms. The highest BCUT2D eigenvalue weighted by molar-refractivity contribution is 7.22. The van der Waals surface area contributed by atoms with Crippen LogP contribution in [0.4, 0.5) is 5.13 Å². The van der Waals surface area contributed by atoms with Crippen LogP contribution in [0.2, 0.25) is 0 Å². The molecule has 1 heterocycles. The van der Waals surface area contributed by atoms with Crippen molar-refractivity contribution in [2.75, 3.05) is 5.32 Å². The van der Waals surface area contributed by atoms with Gasteiger partial charge in [-0.05, 0) is 25.0 Å². The Morgan fingerprint density at radius 3 is 2.75 bits per heavy atom. The molecule has 2 nitrogen and oxygen atoms in total. The molecule has 1 saturated carbocycles. The summed E-state index contributed by atoms with van der Waals surface area (Å²) in [7, 11) is 0. The zero-order valence-electron chi connectivity index (χ0n) is 9.28. The average Bonchev–Trinajstić information content (AvgIpc) is 2.72. The number of thiazole rings is 1. The fourth-order valence-electron chi connectivity index (χ4n) is 2.36. The lowest BCUT2D eigenvalue weighted by atomic mass is 9.96. The summed E-state index contributed by atoms with van der Waals surface area (Å²) < 4.78 is 1.28. The molecule has 84 valence electrons. The summed E-state index contributed by atoms with van der Waals surface area (Å²) in [5, 5.41) is 4.67. The van der Waals surface area contributed by atoms with Crippen molar-refractivity contribution in [1.82, 2.24) is 4.98 Å². The molecule has 1 aromatic heterocycles. The maximum atomic E-state index is 4.61. The standard InChI is InChI=1S/C13H16N2S/c1-2-6-10(7-3-1)14-13-15-11-8-4-5-9-12(11)16-13/h4-5,8-10H,1-3,6-7H2,(H,14,15). The van der Waals surface area contributed by atoms with Crippen LogP contribution in [0.5, 0.6) is 0 Å². The zero-order valence-corrected chi connectivity index (χ0v) is 10.1. The fraction of sp³-hybridized carbons (Fsp3) is 0.462. The van der Waals surface area contributed by atoms with Gasteiger partial charge in [0.1, 0.15) is 0 Å². The molecule has 0 radical (unpaired) electrons. The molecular formula is C13H16N2S. The Kier molecular flexibility index (Phi) is 2.79. The molecule has 1 aliphatic rings. The van der Waals surface area contributed by atoms with Crippen LogP contribution in [0, 0.1) is 0 Å². The van der Waals surface area contributed by atoms with Gasteiger partial charge in [-0.3, -0.25) is 0 Å². The van der Waals surface area contributed by atoms with Crippen molar-refractivity contribution in [2.45, 2.75) is 38.1 Å². The predicted molar refractivity (Wildman–Crippen MR) is 70.1 cm³/mol. The van der Waals surface area contributed by atoms with Gasteiger partial charge in [-0.25, -0.2) is 4.98 Å². The van der Waals surface area contributed by atoms with Crippen molar-refractivity contribution in [3.8, 4) is 0 Å². The molecule has 1 aliphatic carbocycles. The molecule has 0 aliphatic heterocycles. The van der Waals surface area contributed by atoms with Gasteiger partial charge in [0, 0.05) is 6.04 Å². The van der Waals surface area contributed by atoms with E-state index in [2.05, 4.69) is 28.5 Å². The first kappa shape index (κ1) is 10.1. The number of anilines is 1. The summed E-state index contributed by atoms with van der Waals surface area (Å²) >= 11 is 1.77. The van der Waals surface area contributed by atoms with Gasteiger partial charge in [0.25, 0.3) is 0 Å². The van der Waals surface area contributed by atoms with Crippen molar-refractivity contribution in [1.29, 1.82) is 0 Å². The second-order valence-electron chi connectivity index (χ2n) is 4.47. The van der Waals surface area contributed by atoms with E-state index in [1.165, 1.54) is 36.8 Å². The van der Waals surface area contributed by atoms with Gasteiger partial charge >= 0.3 is 0 Å². The molecule has 0 atom stereocenters. The van der Waals surface area contributed by atoms with E-state index < -0.39 is 0 Å². The van der Waals surface area contributed by atoms with Gasteiger partial charge in [0.2, 0.25) is 0 Å².